The third-order valence-corrected chi connectivity index (χ3v) is 10.4. The van der Waals surface area contributed by atoms with E-state index in [0.29, 0.717) is 16.7 Å². The lowest BCUT2D eigenvalue weighted by Gasteiger charge is -2.10. The fourth-order valence-corrected chi connectivity index (χ4v) is 8.23. The monoisotopic (exact) mass is 680 g/mol. The zero-order chi connectivity index (χ0) is 42.2. The van der Waals surface area contributed by atoms with Gasteiger partial charge in [0.15, 0.2) is 17.5 Å². The van der Waals surface area contributed by atoms with E-state index in [0.717, 1.165) is 38.3 Å². The summed E-state index contributed by atoms with van der Waals surface area (Å²) < 4.78 is 95.4. The Morgan fingerprint density at radius 3 is 1.94 bits per heavy atom. The van der Waals surface area contributed by atoms with E-state index in [1.165, 1.54) is 20.2 Å². The smallest absolute Gasteiger partial charge is 0.164 e. The molecule has 0 spiro atoms. The Bertz CT molecular complexity index is 3600. The van der Waals surface area contributed by atoms with Crippen molar-refractivity contribution in [3.05, 3.63) is 157 Å². The molecule has 6 heteroatoms. The number of para-hydroxylation sites is 1. The van der Waals surface area contributed by atoms with Crippen molar-refractivity contribution in [2.24, 2.45) is 0 Å². The quantitative estimate of drug-likeness (QED) is 0.186. The van der Waals surface area contributed by atoms with Gasteiger partial charge in [-0.15, -0.1) is 11.3 Å². The summed E-state index contributed by atoms with van der Waals surface area (Å²) in [7, 11) is 0. The Hall–Kier alpha value is -6.63. The van der Waals surface area contributed by atoms with Crippen LogP contribution in [-0.2, 0) is 0 Å². The lowest BCUT2D eigenvalue weighted by molar-refractivity contribution is 0.669. The molecule has 0 unspecified atom stereocenters. The summed E-state index contributed by atoms with van der Waals surface area (Å²) >= 11 is 1.78. The van der Waals surface area contributed by atoms with Gasteiger partial charge in [0, 0.05) is 53.0 Å². The highest BCUT2D eigenvalue weighted by Crippen LogP contribution is 2.45. The summed E-state index contributed by atoms with van der Waals surface area (Å²) in [5.74, 6) is -0.722. The van der Waals surface area contributed by atoms with Crippen LogP contribution in [0.5, 0.6) is 0 Å². The number of furan rings is 1. The summed E-state index contributed by atoms with van der Waals surface area (Å²) in [5.41, 5.74) is 3.77. The van der Waals surface area contributed by atoms with Gasteiger partial charge in [-0.1, -0.05) is 109 Å². The molecule has 0 saturated carbocycles. The highest BCUT2D eigenvalue weighted by atomic mass is 32.1. The number of benzene rings is 7. The Balaban J connectivity index is 1.15. The second-order valence-corrected chi connectivity index (χ2v) is 13.1. The molecule has 5 nitrogen and oxygen atoms in total. The first-order chi connectivity index (χ1) is 29.4. The number of fused-ring (bicyclic) bond motifs is 10. The van der Waals surface area contributed by atoms with E-state index < -0.39 is 60.4 Å². The molecule has 0 radical (unpaired) electrons. The van der Waals surface area contributed by atoms with Gasteiger partial charge in [0.05, 0.1) is 35.8 Å². The highest BCUT2D eigenvalue weighted by molar-refractivity contribution is 7.26. The van der Waals surface area contributed by atoms with Crippen molar-refractivity contribution < 1.29 is 18.1 Å². The van der Waals surface area contributed by atoms with Gasteiger partial charge in [0.25, 0.3) is 0 Å². The van der Waals surface area contributed by atoms with Crippen LogP contribution >= 0.6 is 11.3 Å². The molecule has 0 N–H and O–H groups in total. The molecule has 0 saturated heterocycles. The fourth-order valence-electron chi connectivity index (χ4n) is 7.12. The summed E-state index contributed by atoms with van der Waals surface area (Å²) in [4.78, 5) is 13.6. The minimum Gasteiger partial charge on any atom is -0.456 e. The number of thiophene rings is 1. The normalized spacial score (nSPS) is 14.7. The number of rotatable bonds is 4. The van der Waals surface area contributed by atoms with Crippen LogP contribution in [0.25, 0.3) is 104 Å². The second kappa shape index (κ2) is 10.9. The Kier molecular flexibility index (Phi) is 4.32. The van der Waals surface area contributed by atoms with Crippen LogP contribution in [0.1, 0.15) is 13.7 Å². The maximum absolute atomic E-state index is 8.67. The Labute approximate surface area is 309 Å². The molecule has 4 aromatic heterocycles. The largest absolute Gasteiger partial charge is 0.456 e. The van der Waals surface area contributed by atoms with Gasteiger partial charge in [-0.05, 0) is 48.5 Å². The Morgan fingerprint density at radius 2 is 1.18 bits per heavy atom. The van der Waals surface area contributed by atoms with Crippen LogP contribution in [0.2, 0.25) is 0 Å². The van der Waals surface area contributed by atoms with E-state index >= 15 is 0 Å². The molecule has 4 heterocycles. The van der Waals surface area contributed by atoms with Crippen LogP contribution < -0.4 is 0 Å². The van der Waals surface area contributed by atoms with Crippen molar-refractivity contribution in [3.63, 3.8) is 0 Å². The SMILES string of the molecule is [2H]c1c([2H])c([2H])c(-c2nc(-c3ccc4c(c3)oc3cccc(-n5c6ccccc6c6c7c(ccc65)sc5ccccc57)c34)nc(-c3c([2H])c([2H])c([2H])c([2H])c3[2H])n2)c([2H])c1[2H]. The van der Waals surface area contributed by atoms with Crippen molar-refractivity contribution in [1.29, 1.82) is 0 Å². The number of hydrogen-bond donors (Lipinski definition) is 0. The van der Waals surface area contributed by atoms with E-state index in [1.54, 1.807) is 23.5 Å². The van der Waals surface area contributed by atoms with Crippen LogP contribution in [0.3, 0.4) is 0 Å². The number of hydrogen-bond acceptors (Lipinski definition) is 5. The summed E-state index contributed by atoms with van der Waals surface area (Å²) in [6.45, 7) is 0. The van der Waals surface area contributed by atoms with Gasteiger partial charge in [0.2, 0.25) is 0 Å². The predicted octanol–water partition coefficient (Wildman–Crippen LogP) is 12.2. The van der Waals surface area contributed by atoms with E-state index in [-0.39, 0.29) is 28.6 Å². The van der Waals surface area contributed by atoms with Crippen LogP contribution in [0, 0.1) is 0 Å². The summed E-state index contributed by atoms with van der Waals surface area (Å²) in [6.07, 6.45) is 0. The van der Waals surface area contributed by atoms with Gasteiger partial charge < -0.3 is 8.98 Å². The minimum atomic E-state index is -0.613. The molecule has 11 aromatic rings. The summed E-state index contributed by atoms with van der Waals surface area (Å²) in [6, 6.07) is 26.5. The maximum atomic E-state index is 8.67. The molecule has 238 valence electrons. The predicted molar refractivity (Wildman–Crippen MR) is 211 cm³/mol. The van der Waals surface area contributed by atoms with Crippen LogP contribution in [0.4, 0.5) is 0 Å². The van der Waals surface area contributed by atoms with Gasteiger partial charge in [-0.3, -0.25) is 0 Å². The first-order valence-electron chi connectivity index (χ1n) is 21.1. The number of aromatic nitrogens is 4. The molecule has 0 aliphatic heterocycles. The van der Waals surface area contributed by atoms with Gasteiger partial charge in [-0.25, -0.2) is 15.0 Å². The molecule has 11 rings (SSSR count). The fraction of sp³-hybridized carbons (Fsp3) is 0. The number of nitrogens with zero attached hydrogens (tertiary/aromatic N) is 4. The van der Waals surface area contributed by atoms with Crippen molar-refractivity contribution in [1.82, 2.24) is 19.5 Å². The van der Waals surface area contributed by atoms with E-state index in [2.05, 4.69) is 80.2 Å². The first kappa shape index (κ1) is 20.1. The van der Waals surface area contributed by atoms with E-state index in [9.17, 15) is 0 Å². The molecule has 0 bridgehead atoms. The van der Waals surface area contributed by atoms with Gasteiger partial charge >= 0.3 is 0 Å². The third-order valence-electron chi connectivity index (χ3n) is 9.23. The second-order valence-electron chi connectivity index (χ2n) is 12.1. The maximum Gasteiger partial charge on any atom is 0.164 e. The molecule has 0 aliphatic rings. The molecule has 0 aliphatic carbocycles. The molecule has 0 atom stereocenters. The first-order valence-corrected chi connectivity index (χ1v) is 16.9. The molecular weight excluding hydrogens is 645 g/mol. The van der Waals surface area contributed by atoms with Gasteiger partial charge in [-0.2, -0.15) is 0 Å². The molecular formula is C45H26N4OS. The van der Waals surface area contributed by atoms with E-state index in [4.69, 9.17) is 18.1 Å². The molecule has 0 amide bonds. The van der Waals surface area contributed by atoms with Crippen molar-refractivity contribution >= 4 is 75.3 Å². The molecule has 7 aromatic carbocycles. The standard InChI is InChI=1S/C45H26N4OS/c1-3-12-27(13-4-1)43-46-44(28-14-5-2-6-15-28)48-45(47-43)29-22-23-31-37(26-29)50-36-20-11-19-34(40(31)36)49-33-18-9-7-16-30(33)41-35(49)24-25-39-42(41)32-17-8-10-21-38(32)51-39/h1-26H/i1D,2D,3D,4D,5D,6D,12D,13D,14D,15D. The highest BCUT2D eigenvalue weighted by Gasteiger charge is 2.21. The lowest BCUT2D eigenvalue weighted by atomic mass is 10.1. The average molecular weight is 681 g/mol. The van der Waals surface area contributed by atoms with Crippen LogP contribution in [0.15, 0.2) is 162 Å². The van der Waals surface area contributed by atoms with Gasteiger partial charge in [0.1, 0.15) is 11.2 Å². The van der Waals surface area contributed by atoms with Crippen molar-refractivity contribution in [3.8, 4) is 39.9 Å². The van der Waals surface area contributed by atoms with E-state index in [1.807, 2.05) is 24.3 Å². The topological polar surface area (TPSA) is 56.7 Å². The van der Waals surface area contributed by atoms with Crippen molar-refractivity contribution in [2.75, 3.05) is 0 Å². The summed E-state index contributed by atoms with van der Waals surface area (Å²) in [5, 5.41) is 6.35. The van der Waals surface area contributed by atoms with Crippen LogP contribution in [-0.4, -0.2) is 19.5 Å². The average Bonchev–Trinajstić information content (AvgIpc) is 3.95. The Morgan fingerprint density at radius 1 is 0.490 bits per heavy atom. The molecule has 0 fully saturated rings. The zero-order valence-electron chi connectivity index (χ0n) is 36.3. The minimum absolute atomic E-state index is 0.0457. The van der Waals surface area contributed by atoms with Crippen molar-refractivity contribution in [2.45, 2.75) is 0 Å². The third kappa shape index (κ3) is 4.30. The molecule has 51 heavy (non-hydrogen) atoms. The zero-order valence-corrected chi connectivity index (χ0v) is 27.2. The lowest BCUT2D eigenvalue weighted by Crippen LogP contribution is -2.00.